The van der Waals surface area contributed by atoms with Crippen molar-refractivity contribution in [1.29, 1.82) is 0 Å². The van der Waals surface area contributed by atoms with Crippen LogP contribution in [0.2, 0.25) is 0 Å². The van der Waals surface area contributed by atoms with Crippen molar-refractivity contribution < 1.29 is 0 Å². The van der Waals surface area contributed by atoms with E-state index in [0.717, 1.165) is 0 Å². The van der Waals surface area contributed by atoms with Gasteiger partial charge in [0, 0.05) is 4.91 Å². The summed E-state index contributed by atoms with van der Waals surface area (Å²) in [5.74, 6) is 1.22. The number of hydrogen-bond donors (Lipinski definition) is 0. The lowest BCUT2D eigenvalue weighted by Gasteiger charge is -1.98. The van der Waals surface area contributed by atoms with Crippen LogP contribution >= 0.6 is 11.8 Å². The predicted octanol–water partition coefficient (Wildman–Crippen LogP) is 4.64. The zero-order chi connectivity index (χ0) is 9.82. The lowest BCUT2D eigenvalue weighted by Crippen LogP contribution is -1.77. The molecule has 0 aromatic carbocycles. The molecule has 0 aromatic heterocycles. The molecule has 0 saturated heterocycles. The van der Waals surface area contributed by atoms with E-state index in [0.29, 0.717) is 0 Å². The smallest absolute Gasteiger partial charge is 0.00233 e. The number of rotatable bonds is 5. The van der Waals surface area contributed by atoms with Gasteiger partial charge < -0.3 is 0 Å². The van der Waals surface area contributed by atoms with Gasteiger partial charge in [-0.05, 0) is 19.1 Å². The highest BCUT2D eigenvalue weighted by Gasteiger charge is 1.89. The first-order valence-corrected chi connectivity index (χ1v) is 5.75. The third kappa shape index (κ3) is 9.83. The highest BCUT2D eigenvalue weighted by atomic mass is 32.2. The van der Waals surface area contributed by atoms with E-state index in [9.17, 15) is 0 Å². The fourth-order valence-corrected chi connectivity index (χ4v) is 1.55. The van der Waals surface area contributed by atoms with Crippen LogP contribution in [-0.2, 0) is 0 Å². The Kier molecular flexibility index (Phi) is 16.1. The minimum absolute atomic E-state index is 1.22. The molecule has 0 amide bonds. The molecule has 1 heteroatoms. The maximum atomic E-state index is 3.72. The van der Waals surface area contributed by atoms with Crippen molar-refractivity contribution in [2.24, 2.45) is 0 Å². The van der Waals surface area contributed by atoms with E-state index in [4.69, 9.17) is 0 Å². The van der Waals surface area contributed by atoms with E-state index in [2.05, 4.69) is 26.5 Å². The van der Waals surface area contributed by atoms with Crippen LogP contribution in [-0.4, -0.2) is 5.75 Å². The third-order valence-electron chi connectivity index (χ3n) is 1.25. The second-order valence-electron chi connectivity index (χ2n) is 2.10. The Hall–Kier alpha value is -0.170. The Balaban J connectivity index is 0. The van der Waals surface area contributed by atoms with Crippen LogP contribution in [0.25, 0.3) is 0 Å². The standard InChI is InChI=1S/C9H16S.C2H6/c1-4-7-8-10-9(5-2)6-3;1-2/h5-6H,2,4,7-8H2,1,3H3;1-2H3/b9-6+;. The quantitative estimate of drug-likeness (QED) is 0.445. The molecule has 72 valence electrons. The molecule has 0 saturated carbocycles. The minimum atomic E-state index is 1.22. The number of thioether (sulfide) groups is 1. The van der Waals surface area contributed by atoms with Gasteiger partial charge in [-0.15, -0.1) is 11.8 Å². The average Bonchev–Trinajstić information content (AvgIpc) is 2.16. The molecule has 0 heterocycles. The highest BCUT2D eigenvalue weighted by molar-refractivity contribution is 8.03. The van der Waals surface area contributed by atoms with Crippen LogP contribution in [0.4, 0.5) is 0 Å². The van der Waals surface area contributed by atoms with E-state index < -0.39 is 0 Å². The first kappa shape index (κ1) is 14.4. The van der Waals surface area contributed by atoms with Crippen molar-refractivity contribution >= 4 is 11.8 Å². The Bertz CT molecular complexity index is 114. The van der Waals surface area contributed by atoms with Crippen molar-refractivity contribution in [2.75, 3.05) is 5.75 Å². The first-order chi connectivity index (χ1) is 5.85. The molecule has 0 N–H and O–H groups in total. The second kappa shape index (κ2) is 13.4. The predicted molar refractivity (Wildman–Crippen MR) is 62.7 cm³/mol. The van der Waals surface area contributed by atoms with Crippen molar-refractivity contribution in [3.05, 3.63) is 23.6 Å². The van der Waals surface area contributed by atoms with Gasteiger partial charge in [0.15, 0.2) is 0 Å². The fraction of sp³-hybridized carbons (Fsp3) is 0.636. The lowest BCUT2D eigenvalue weighted by atomic mass is 10.4. The van der Waals surface area contributed by atoms with Gasteiger partial charge in [0.1, 0.15) is 0 Å². The van der Waals surface area contributed by atoms with Crippen molar-refractivity contribution in [3.8, 4) is 0 Å². The second-order valence-corrected chi connectivity index (χ2v) is 3.27. The van der Waals surface area contributed by atoms with Gasteiger partial charge in [-0.3, -0.25) is 0 Å². The highest BCUT2D eigenvalue weighted by Crippen LogP contribution is 2.17. The normalized spacial score (nSPS) is 10.2. The summed E-state index contributed by atoms with van der Waals surface area (Å²) < 4.78 is 0. The Morgan fingerprint density at radius 2 is 2.00 bits per heavy atom. The number of hydrogen-bond acceptors (Lipinski definition) is 1. The molecule has 0 atom stereocenters. The van der Waals surface area contributed by atoms with Crippen molar-refractivity contribution in [1.82, 2.24) is 0 Å². The molecule has 0 radical (unpaired) electrons. The van der Waals surface area contributed by atoms with E-state index in [1.54, 1.807) is 0 Å². The molecule has 0 unspecified atom stereocenters. The molecular weight excluding hydrogens is 164 g/mol. The summed E-state index contributed by atoms with van der Waals surface area (Å²) in [6.07, 6.45) is 6.60. The van der Waals surface area contributed by atoms with Gasteiger partial charge in [-0.1, -0.05) is 45.9 Å². The third-order valence-corrected chi connectivity index (χ3v) is 2.48. The molecule has 12 heavy (non-hydrogen) atoms. The topological polar surface area (TPSA) is 0 Å². The first-order valence-electron chi connectivity index (χ1n) is 4.76. The molecule has 0 nitrogen and oxygen atoms in total. The summed E-state index contributed by atoms with van der Waals surface area (Å²) in [5.41, 5.74) is 0. The van der Waals surface area contributed by atoms with E-state index in [1.807, 2.05) is 31.7 Å². The van der Waals surface area contributed by atoms with Crippen LogP contribution in [0.1, 0.15) is 40.5 Å². The largest absolute Gasteiger partial charge is 0.127 e. The van der Waals surface area contributed by atoms with E-state index >= 15 is 0 Å². The molecule has 0 aliphatic heterocycles. The monoisotopic (exact) mass is 186 g/mol. The zero-order valence-electron chi connectivity index (χ0n) is 8.89. The van der Waals surface area contributed by atoms with Crippen LogP contribution in [0.5, 0.6) is 0 Å². The van der Waals surface area contributed by atoms with Crippen LogP contribution in [0, 0.1) is 0 Å². The van der Waals surface area contributed by atoms with Crippen molar-refractivity contribution in [2.45, 2.75) is 40.5 Å². The maximum absolute atomic E-state index is 3.72. The summed E-state index contributed by atoms with van der Waals surface area (Å²) in [6, 6.07) is 0. The molecular formula is C11H22S. The number of unbranched alkanes of at least 4 members (excludes halogenated alkanes) is 1. The van der Waals surface area contributed by atoms with Crippen LogP contribution in [0.15, 0.2) is 23.6 Å². The van der Waals surface area contributed by atoms with Gasteiger partial charge in [0.2, 0.25) is 0 Å². The Labute approximate surface area is 82.1 Å². The average molecular weight is 186 g/mol. The van der Waals surface area contributed by atoms with Crippen LogP contribution < -0.4 is 0 Å². The Morgan fingerprint density at radius 1 is 1.42 bits per heavy atom. The van der Waals surface area contributed by atoms with Gasteiger partial charge in [-0.25, -0.2) is 0 Å². The molecule has 0 bridgehead atoms. The summed E-state index contributed by atoms with van der Waals surface area (Å²) >= 11 is 1.89. The number of allylic oxidation sites excluding steroid dienone is 2. The molecule has 0 fully saturated rings. The molecule has 0 rings (SSSR count). The van der Waals surface area contributed by atoms with Gasteiger partial charge in [0.25, 0.3) is 0 Å². The maximum Gasteiger partial charge on any atom is 0.00233 e. The van der Waals surface area contributed by atoms with Crippen molar-refractivity contribution in [3.63, 3.8) is 0 Å². The van der Waals surface area contributed by atoms with Gasteiger partial charge in [0.05, 0.1) is 0 Å². The minimum Gasteiger partial charge on any atom is -0.127 e. The molecule has 0 aromatic rings. The SMILES string of the molecule is C=C/C(=C\C)SCCCC.CC. The molecule has 0 aliphatic rings. The van der Waals surface area contributed by atoms with E-state index in [-0.39, 0.29) is 0 Å². The summed E-state index contributed by atoms with van der Waals surface area (Å²) in [5, 5.41) is 0. The van der Waals surface area contributed by atoms with Crippen LogP contribution in [0.3, 0.4) is 0 Å². The molecule has 0 spiro atoms. The van der Waals surface area contributed by atoms with E-state index in [1.165, 1.54) is 23.5 Å². The van der Waals surface area contributed by atoms with Gasteiger partial charge >= 0.3 is 0 Å². The zero-order valence-corrected chi connectivity index (χ0v) is 9.71. The fourth-order valence-electron chi connectivity index (χ4n) is 0.594. The summed E-state index contributed by atoms with van der Waals surface area (Å²) in [6.45, 7) is 12.0. The Morgan fingerprint density at radius 3 is 2.33 bits per heavy atom. The summed E-state index contributed by atoms with van der Waals surface area (Å²) in [4.78, 5) is 1.30. The van der Waals surface area contributed by atoms with Gasteiger partial charge in [-0.2, -0.15) is 0 Å². The summed E-state index contributed by atoms with van der Waals surface area (Å²) in [7, 11) is 0. The lowest BCUT2D eigenvalue weighted by molar-refractivity contribution is 0.897. The molecule has 0 aliphatic carbocycles.